The molecular formula is C14H13FN+. The van der Waals surface area contributed by atoms with Gasteiger partial charge < -0.3 is 0 Å². The molecule has 0 saturated carbocycles. The SMILES string of the molecule is C[n+]1ccc(/C=C/c2ccccc2F)cc1. The predicted molar refractivity (Wildman–Crippen MR) is 62.9 cm³/mol. The highest BCUT2D eigenvalue weighted by Crippen LogP contribution is 2.10. The van der Waals surface area contributed by atoms with Crippen molar-refractivity contribution in [3.63, 3.8) is 0 Å². The lowest BCUT2D eigenvalue weighted by molar-refractivity contribution is -0.671. The Hall–Kier alpha value is -1.96. The number of aromatic nitrogens is 1. The third-order valence-electron chi connectivity index (χ3n) is 2.36. The van der Waals surface area contributed by atoms with Crippen molar-refractivity contribution in [2.45, 2.75) is 0 Å². The van der Waals surface area contributed by atoms with E-state index < -0.39 is 0 Å². The van der Waals surface area contributed by atoms with Gasteiger partial charge in [0.1, 0.15) is 12.9 Å². The van der Waals surface area contributed by atoms with Crippen LogP contribution in [0.3, 0.4) is 0 Å². The Labute approximate surface area is 94.5 Å². The Bertz CT molecular complexity index is 500. The lowest BCUT2D eigenvalue weighted by Crippen LogP contribution is -2.25. The molecule has 2 aromatic rings. The van der Waals surface area contributed by atoms with Crippen LogP contribution in [0.4, 0.5) is 4.39 Å². The molecule has 0 spiro atoms. The number of hydrogen-bond acceptors (Lipinski definition) is 0. The molecule has 0 fully saturated rings. The molecule has 0 aliphatic rings. The number of rotatable bonds is 2. The topological polar surface area (TPSA) is 3.88 Å². The van der Waals surface area contributed by atoms with Crippen LogP contribution in [0.5, 0.6) is 0 Å². The van der Waals surface area contributed by atoms with Gasteiger partial charge in [-0.25, -0.2) is 8.96 Å². The van der Waals surface area contributed by atoms with Gasteiger partial charge in [-0.1, -0.05) is 30.4 Å². The average Bonchev–Trinajstić information content (AvgIpc) is 2.30. The van der Waals surface area contributed by atoms with Gasteiger partial charge in [-0.05, 0) is 11.6 Å². The maximum absolute atomic E-state index is 13.3. The Balaban J connectivity index is 2.21. The smallest absolute Gasteiger partial charge is 0.169 e. The monoisotopic (exact) mass is 214 g/mol. The van der Waals surface area contributed by atoms with Crippen molar-refractivity contribution in [2.75, 3.05) is 0 Å². The summed E-state index contributed by atoms with van der Waals surface area (Å²) in [4.78, 5) is 0. The zero-order valence-electron chi connectivity index (χ0n) is 9.10. The zero-order chi connectivity index (χ0) is 11.4. The molecule has 1 nitrogen and oxygen atoms in total. The molecule has 16 heavy (non-hydrogen) atoms. The highest BCUT2D eigenvalue weighted by Gasteiger charge is 1.96. The van der Waals surface area contributed by atoms with Gasteiger partial charge in [-0.2, -0.15) is 0 Å². The predicted octanol–water partition coefficient (Wildman–Crippen LogP) is 2.82. The third-order valence-corrected chi connectivity index (χ3v) is 2.36. The molecule has 0 aliphatic carbocycles. The lowest BCUT2D eigenvalue weighted by Gasteiger charge is -1.95. The van der Waals surface area contributed by atoms with Crippen molar-refractivity contribution in [3.05, 3.63) is 65.7 Å². The normalized spacial score (nSPS) is 10.9. The third kappa shape index (κ3) is 2.54. The van der Waals surface area contributed by atoms with Crippen molar-refractivity contribution < 1.29 is 8.96 Å². The van der Waals surface area contributed by atoms with Gasteiger partial charge in [0.15, 0.2) is 12.4 Å². The quantitative estimate of drug-likeness (QED) is 0.677. The second kappa shape index (κ2) is 4.71. The van der Waals surface area contributed by atoms with Crippen LogP contribution in [0.1, 0.15) is 11.1 Å². The van der Waals surface area contributed by atoms with Gasteiger partial charge in [-0.15, -0.1) is 0 Å². The molecule has 0 aliphatic heterocycles. The van der Waals surface area contributed by atoms with Crippen molar-refractivity contribution >= 4 is 12.2 Å². The molecule has 0 N–H and O–H groups in total. The second-order valence-electron chi connectivity index (χ2n) is 3.65. The van der Waals surface area contributed by atoms with E-state index in [0.29, 0.717) is 5.56 Å². The fourth-order valence-electron chi connectivity index (χ4n) is 1.42. The highest BCUT2D eigenvalue weighted by atomic mass is 19.1. The first-order valence-electron chi connectivity index (χ1n) is 5.13. The molecule has 1 heterocycles. The molecular weight excluding hydrogens is 201 g/mol. The maximum Gasteiger partial charge on any atom is 0.169 e. The van der Waals surface area contributed by atoms with E-state index in [2.05, 4.69) is 0 Å². The van der Waals surface area contributed by atoms with Crippen molar-refractivity contribution in [2.24, 2.45) is 7.05 Å². The first-order chi connectivity index (χ1) is 7.75. The largest absolute Gasteiger partial charge is 0.208 e. The first kappa shape index (κ1) is 10.6. The van der Waals surface area contributed by atoms with Crippen LogP contribution in [-0.4, -0.2) is 0 Å². The summed E-state index contributed by atoms with van der Waals surface area (Å²) in [5.74, 6) is -0.194. The summed E-state index contributed by atoms with van der Waals surface area (Å²) >= 11 is 0. The van der Waals surface area contributed by atoms with E-state index in [1.54, 1.807) is 18.2 Å². The number of pyridine rings is 1. The minimum absolute atomic E-state index is 0.194. The summed E-state index contributed by atoms with van der Waals surface area (Å²) in [6, 6.07) is 10.7. The van der Waals surface area contributed by atoms with Gasteiger partial charge in [0.2, 0.25) is 0 Å². The van der Waals surface area contributed by atoms with E-state index in [0.717, 1.165) is 5.56 Å². The van der Waals surface area contributed by atoms with Crippen LogP contribution < -0.4 is 4.57 Å². The summed E-state index contributed by atoms with van der Waals surface area (Å²) in [5, 5.41) is 0. The van der Waals surface area contributed by atoms with Crippen LogP contribution in [0, 0.1) is 5.82 Å². The fraction of sp³-hybridized carbons (Fsp3) is 0.0714. The minimum atomic E-state index is -0.194. The second-order valence-corrected chi connectivity index (χ2v) is 3.65. The summed E-state index contributed by atoms with van der Waals surface area (Å²) in [7, 11) is 1.96. The molecule has 0 radical (unpaired) electrons. The molecule has 0 bridgehead atoms. The van der Waals surface area contributed by atoms with Crippen LogP contribution in [0.25, 0.3) is 12.2 Å². The van der Waals surface area contributed by atoms with E-state index in [4.69, 9.17) is 0 Å². The number of benzene rings is 1. The fourth-order valence-corrected chi connectivity index (χ4v) is 1.42. The Morgan fingerprint density at radius 3 is 2.38 bits per heavy atom. The van der Waals surface area contributed by atoms with Crippen molar-refractivity contribution in [1.29, 1.82) is 0 Å². The van der Waals surface area contributed by atoms with E-state index in [-0.39, 0.29) is 5.82 Å². The van der Waals surface area contributed by atoms with Gasteiger partial charge in [0.25, 0.3) is 0 Å². The van der Waals surface area contributed by atoms with Crippen LogP contribution >= 0.6 is 0 Å². The van der Waals surface area contributed by atoms with Crippen molar-refractivity contribution in [1.82, 2.24) is 0 Å². The highest BCUT2D eigenvalue weighted by molar-refractivity contribution is 5.69. The van der Waals surface area contributed by atoms with E-state index in [9.17, 15) is 4.39 Å². The molecule has 0 unspecified atom stereocenters. The van der Waals surface area contributed by atoms with Gasteiger partial charge in [0.05, 0.1) is 0 Å². The summed E-state index contributed by atoms with van der Waals surface area (Å²) in [6.07, 6.45) is 7.60. The van der Waals surface area contributed by atoms with Crippen LogP contribution in [0.15, 0.2) is 48.8 Å². The van der Waals surface area contributed by atoms with Crippen molar-refractivity contribution in [3.8, 4) is 0 Å². The van der Waals surface area contributed by atoms with E-state index >= 15 is 0 Å². The molecule has 0 saturated heterocycles. The van der Waals surface area contributed by atoms with E-state index in [1.807, 2.05) is 48.3 Å². The Kier molecular flexibility index (Phi) is 3.10. The van der Waals surface area contributed by atoms with Crippen LogP contribution in [0.2, 0.25) is 0 Å². The van der Waals surface area contributed by atoms with Gasteiger partial charge >= 0.3 is 0 Å². The molecule has 1 aromatic carbocycles. The van der Waals surface area contributed by atoms with Gasteiger partial charge in [-0.3, -0.25) is 0 Å². The number of hydrogen-bond donors (Lipinski definition) is 0. The Morgan fingerprint density at radius 2 is 1.69 bits per heavy atom. The zero-order valence-corrected chi connectivity index (χ0v) is 9.10. The summed E-state index contributed by atoms with van der Waals surface area (Å²) in [5.41, 5.74) is 1.66. The molecule has 2 heteroatoms. The summed E-state index contributed by atoms with van der Waals surface area (Å²) < 4.78 is 15.3. The number of aryl methyl sites for hydroxylation is 1. The molecule has 1 aromatic heterocycles. The average molecular weight is 214 g/mol. The number of nitrogens with zero attached hydrogens (tertiary/aromatic N) is 1. The minimum Gasteiger partial charge on any atom is -0.208 e. The molecule has 0 amide bonds. The molecule has 2 rings (SSSR count). The molecule has 0 atom stereocenters. The lowest BCUT2D eigenvalue weighted by atomic mass is 10.1. The van der Waals surface area contributed by atoms with Gasteiger partial charge in [0, 0.05) is 17.7 Å². The standard InChI is InChI=1S/C14H13FN/c1-16-10-8-12(9-11-16)6-7-13-4-2-3-5-14(13)15/h2-11H,1H3/q+1/b7-6+. The molecule has 80 valence electrons. The summed E-state index contributed by atoms with van der Waals surface area (Å²) in [6.45, 7) is 0. The van der Waals surface area contributed by atoms with Crippen LogP contribution in [-0.2, 0) is 7.05 Å². The van der Waals surface area contributed by atoms with E-state index in [1.165, 1.54) is 6.07 Å². The first-order valence-corrected chi connectivity index (χ1v) is 5.13. The Morgan fingerprint density at radius 1 is 1.00 bits per heavy atom. The maximum atomic E-state index is 13.3. The number of halogens is 1.